The predicted molar refractivity (Wildman–Crippen MR) is 62.0 cm³/mol. The van der Waals surface area contributed by atoms with E-state index in [1.807, 2.05) is 30.3 Å². The van der Waals surface area contributed by atoms with Gasteiger partial charge in [-0.25, -0.2) is 0 Å². The van der Waals surface area contributed by atoms with E-state index in [4.69, 9.17) is 4.74 Å². The summed E-state index contributed by atoms with van der Waals surface area (Å²) in [6, 6.07) is 9.41. The molecule has 1 N–H and O–H groups in total. The lowest BCUT2D eigenvalue weighted by molar-refractivity contribution is -0.153. The number of hydrogen-bond donors (Lipinski definition) is 1. The number of rotatable bonds is 3. The van der Waals surface area contributed by atoms with Gasteiger partial charge in [0.15, 0.2) is 6.23 Å². The van der Waals surface area contributed by atoms with Crippen LogP contribution >= 0.6 is 0 Å². The molecule has 0 aromatic heterocycles. The Morgan fingerprint density at radius 1 is 1.35 bits per heavy atom. The summed E-state index contributed by atoms with van der Waals surface area (Å²) in [5, 5.41) is 2.65. The van der Waals surface area contributed by atoms with E-state index < -0.39 is 6.23 Å². The van der Waals surface area contributed by atoms with Crippen molar-refractivity contribution in [1.82, 2.24) is 5.32 Å². The lowest BCUT2D eigenvalue weighted by Crippen LogP contribution is -2.41. The van der Waals surface area contributed by atoms with Crippen molar-refractivity contribution in [2.75, 3.05) is 0 Å². The normalized spacial score (nSPS) is 19.5. The molecule has 0 aliphatic carbocycles. The molecule has 90 valence electrons. The zero-order valence-electron chi connectivity index (χ0n) is 9.52. The molecule has 1 fully saturated rings. The van der Waals surface area contributed by atoms with Crippen LogP contribution < -0.4 is 5.32 Å². The Morgan fingerprint density at radius 2 is 2.12 bits per heavy atom. The zero-order valence-corrected chi connectivity index (χ0v) is 9.52. The molecule has 1 heterocycles. The average Bonchev–Trinajstić information content (AvgIpc) is 2.30. The van der Waals surface area contributed by atoms with Crippen LogP contribution in [0.25, 0.3) is 0 Å². The topological polar surface area (TPSA) is 55.4 Å². The molecule has 1 aliphatic heterocycles. The van der Waals surface area contributed by atoms with Crippen molar-refractivity contribution in [2.45, 2.75) is 31.9 Å². The second-order valence-corrected chi connectivity index (χ2v) is 4.10. The van der Waals surface area contributed by atoms with Crippen LogP contribution in [0.15, 0.2) is 30.3 Å². The molecule has 17 heavy (non-hydrogen) atoms. The minimum Gasteiger partial charge on any atom is -0.441 e. The first-order valence-corrected chi connectivity index (χ1v) is 5.77. The molecule has 1 aliphatic rings. The van der Waals surface area contributed by atoms with Gasteiger partial charge in [-0.05, 0) is 12.0 Å². The molecule has 1 atom stereocenters. The van der Waals surface area contributed by atoms with Crippen LogP contribution in [0.3, 0.4) is 0 Å². The number of amides is 1. The molecule has 0 radical (unpaired) electrons. The number of ether oxygens (including phenoxy) is 1. The molecular formula is C13H15NO3. The molecule has 1 aromatic carbocycles. The highest BCUT2D eigenvalue weighted by molar-refractivity contribution is 5.78. The Hall–Kier alpha value is -1.84. The van der Waals surface area contributed by atoms with Gasteiger partial charge in [0.2, 0.25) is 5.91 Å². The number of piperidine rings is 1. The van der Waals surface area contributed by atoms with Crippen LogP contribution in [-0.2, 0) is 20.7 Å². The number of nitrogens with one attached hydrogen (secondary N) is 1. The van der Waals surface area contributed by atoms with Gasteiger partial charge in [-0.3, -0.25) is 9.59 Å². The third-order valence-corrected chi connectivity index (χ3v) is 2.66. The van der Waals surface area contributed by atoms with Gasteiger partial charge in [0, 0.05) is 12.8 Å². The summed E-state index contributed by atoms with van der Waals surface area (Å²) in [4.78, 5) is 22.7. The molecule has 2 rings (SSSR count). The smallest absolute Gasteiger partial charge is 0.312 e. The first kappa shape index (κ1) is 11.6. The Kier molecular flexibility index (Phi) is 3.75. The van der Waals surface area contributed by atoms with E-state index in [0.29, 0.717) is 12.8 Å². The quantitative estimate of drug-likeness (QED) is 0.803. The lowest BCUT2D eigenvalue weighted by Gasteiger charge is -2.23. The molecule has 0 saturated carbocycles. The third kappa shape index (κ3) is 3.59. The van der Waals surface area contributed by atoms with E-state index in [2.05, 4.69) is 5.32 Å². The Labute approximate surface area is 100.0 Å². The van der Waals surface area contributed by atoms with Crippen LogP contribution in [0.4, 0.5) is 0 Å². The first-order chi connectivity index (χ1) is 8.24. The molecule has 0 unspecified atom stereocenters. The van der Waals surface area contributed by atoms with Gasteiger partial charge in [0.25, 0.3) is 0 Å². The SMILES string of the molecule is O=C1CCC[C@H](OC(=O)Cc2ccccc2)N1. The van der Waals surface area contributed by atoms with Crippen molar-refractivity contribution in [3.63, 3.8) is 0 Å². The Balaban J connectivity index is 1.83. The Bertz CT molecular complexity index is 402. The molecule has 1 aromatic rings. The number of benzene rings is 1. The van der Waals surface area contributed by atoms with Gasteiger partial charge >= 0.3 is 5.97 Å². The summed E-state index contributed by atoms with van der Waals surface area (Å²) in [6.45, 7) is 0. The predicted octanol–water partition coefficient (Wildman–Crippen LogP) is 1.40. The van der Waals surface area contributed by atoms with Crippen LogP contribution in [0.2, 0.25) is 0 Å². The number of hydrogen-bond acceptors (Lipinski definition) is 3. The van der Waals surface area contributed by atoms with E-state index in [-0.39, 0.29) is 18.3 Å². The highest BCUT2D eigenvalue weighted by atomic mass is 16.6. The van der Waals surface area contributed by atoms with Crippen LogP contribution in [0.5, 0.6) is 0 Å². The number of carbonyl (C=O) groups excluding carboxylic acids is 2. The van der Waals surface area contributed by atoms with Crippen molar-refractivity contribution >= 4 is 11.9 Å². The maximum absolute atomic E-state index is 11.6. The van der Waals surface area contributed by atoms with E-state index in [1.54, 1.807) is 0 Å². The van der Waals surface area contributed by atoms with Crippen LogP contribution in [-0.4, -0.2) is 18.1 Å². The van der Waals surface area contributed by atoms with Crippen molar-refractivity contribution in [3.8, 4) is 0 Å². The largest absolute Gasteiger partial charge is 0.441 e. The van der Waals surface area contributed by atoms with E-state index in [9.17, 15) is 9.59 Å². The van der Waals surface area contributed by atoms with Gasteiger partial charge in [-0.1, -0.05) is 30.3 Å². The fourth-order valence-electron chi connectivity index (χ4n) is 1.82. The van der Waals surface area contributed by atoms with Crippen LogP contribution in [0.1, 0.15) is 24.8 Å². The minimum atomic E-state index is -0.451. The van der Waals surface area contributed by atoms with Gasteiger partial charge in [-0.2, -0.15) is 0 Å². The summed E-state index contributed by atoms with van der Waals surface area (Å²) < 4.78 is 5.19. The second kappa shape index (κ2) is 5.48. The molecular weight excluding hydrogens is 218 g/mol. The van der Waals surface area contributed by atoms with Gasteiger partial charge in [0.1, 0.15) is 0 Å². The summed E-state index contributed by atoms with van der Waals surface area (Å²) in [6.07, 6.45) is 1.79. The lowest BCUT2D eigenvalue weighted by atomic mass is 10.1. The second-order valence-electron chi connectivity index (χ2n) is 4.10. The van der Waals surface area contributed by atoms with Gasteiger partial charge in [0.05, 0.1) is 6.42 Å². The van der Waals surface area contributed by atoms with Crippen molar-refractivity contribution in [1.29, 1.82) is 0 Å². The fraction of sp³-hybridized carbons (Fsp3) is 0.385. The first-order valence-electron chi connectivity index (χ1n) is 5.77. The molecule has 1 saturated heterocycles. The zero-order chi connectivity index (χ0) is 12.1. The van der Waals surface area contributed by atoms with Crippen molar-refractivity contribution < 1.29 is 14.3 Å². The van der Waals surface area contributed by atoms with E-state index in [1.165, 1.54) is 0 Å². The summed E-state index contributed by atoms with van der Waals surface area (Å²) in [7, 11) is 0. The van der Waals surface area contributed by atoms with Gasteiger partial charge < -0.3 is 10.1 Å². The number of esters is 1. The van der Waals surface area contributed by atoms with E-state index in [0.717, 1.165) is 12.0 Å². The highest BCUT2D eigenvalue weighted by Gasteiger charge is 2.21. The number of carbonyl (C=O) groups is 2. The fourth-order valence-corrected chi connectivity index (χ4v) is 1.82. The summed E-state index contributed by atoms with van der Waals surface area (Å²) >= 11 is 0. The maximum atomic E-state index is 11.6. The molecule has 4 nitrogen and oxygen atoms in total. The van der Waals surface area contributed by atoms with Crippen molar-refractivity contribution in [3.05, 3.63) is 35.9 Å². The van der Waals surface area contributed by atoms with Crippen molar-refractivity contribution in [2.24, 2.45) is 0 Å². The van der Waals surface area contributed by atoms with Crippen LogP contribution in [0, 0.1) is 0 Å². The minimum absolute atomic E-state index is 0.0474. The molecule has 0 spiro atoms. The van der Waals surface area contributed by atoms with E-state index >= 15 is 0 Å². The molecule has 4 heteroatoms. The molecule has 0 bridgehead atoms. The Morgan fingerprint density at radius 3 is 2.82 bits per heavy atom. The highest BCUT2D eigenvalue weighted by Crippen LogP contribution is 2.10. The third-order valence-electron chi connectivity index (χ3n) is 2.66. The average molecular weight is 233 g/mol. The summed E-state index contributed by atoms with van der Waals surface area (Å²) in [5.41, 5.74) is 0.916. The standard InChI is InChI=1S/C13H15NO3/c15-11-7-4-8-12(14-11)17-13(16)9-10-5-2-1-3-6-10/h1-3,5-6,12H,4,7-9H2,(H,14,15)/t12-/m0/s1. The molecule has 1 amide bonds. The van der Waals surface area contributed by atoms with Gasteiger partial charge in [-0.15, -0.1) is 0 Å². The maximum Gasteiger partial charge on any atom is 0.312 e. The summed E-state index contributed by atoms with van der Waals surface area (Å²) in [5.74, 6) is -0.350. The monoisotopic (exact) mass is 233 g/mol.